The van der Waals surface area contributed by atoms with Crippen molar-refractivity contribution in [1.29, 1.82) is 0 Å². The highest BCUT2D eigenvalue weighted by atomic mass is 32.2. The Bertz CT molecular complexity index is 931. The molecule has 3 aromatic rings. The number of ether oxygens (including phenoxy) is 1. The van der Waals surface area contributed by atoms with Crippen molar-refractivity contribution < 1.29 is 13.2 Å². The largest absolute Gasteiger partial charge is 0.494 e. The highest BCUT2D eigenvalue weighted by molar-refractivity contribution is 7.89. The number of para-hydroxylation sites is 1. The molecule has 2 aromatic carbocycles. The van der Waals surface area contributed by atoms with Gasteiger partial charge in [-0.1, -0.05) is 18.2 Å². The van der Waals surface area contributed by atoms with E-state index in [1.165, 1.54) is 5.39 Å². The summed E-state index contributed by atoms with van der Waals surface area (Å²) in [6, 6.07) is 16.7. The number of hydrogen-bond acceptors (Lipinski definition) is 3. The molecule has 0 fully saturated rings. The van der Waals surface area contributed by atoms with Gasteiger partial charge in [-0.05, 0) is 55.1 Å². The van der Waals surface area contributed by atoms with Crippen molar-refractivity contribution in [2.75, 3.05) is 13.2 Å². The van der Waals surface area contributed by atoms with Gasteiger partial charge in [-0.2, -0.15) is 0 Å². The van der Waals surface area contributed by atoms with Gasteiger partial charge in [-0.15, -0.1) is 0 Å². The standard InChI is InChI=1S/C19H22N2O3S/c1-2-24-17-8-10-18(11-9-17)25(22,23)20-13-5-14-21-15-12-16-6-3-4-7-19(16)21/h3-4,6-12,15,20H,2,5,13-14H2,1H3. The fourth-order valence-corrected chi connectivity index (χ4v) is 3.83. The van der Waals surface area contributed by atoms with Gasteiger partial charge in [0, 0.05) is 24.8 Å². The van der Waals surface area contributed by atoms with E-state index in [0.29, 0.717) is 18.9 Å². The molecule has 0 atom stereocenters. The predicted octanol–water partition coefficient (Wildman–Crippen LogP) is 3.41. The number of nitrogens with zero attached hydrogens (tertiary/aromatic N) is 1. The third-order valence-electron chi connectivity index (χ3n) is 3.99. The van der Waals surface area contributed by atoms with E-state index in [2.05, 4.69) is 27.5 Å². The summed E-state index contributed by atoms with van der Waals surface area (Å²) in [4.78, 5) is 0.252. The van der Waals surface area contributed by atoms with Gasteiger partial charge in [0.05, 0.1) is 11.5 Å². The van der Waals surface area contributed by atoms with Gasteiger partial charge in [0.15, 0.2) is 0 Å². The lowest BCUT2D eigenvalue weighted by atomic mass is 10.2. The third-order valence-corrected chi connectivity index (χ3v) is 5.47. The summed E-state index contributed by atoms with van der Waals surface area (Å²) in [6.45, 7) is 3.60. The van der Waals surface area contributed by atoms with Crippen LogP contribution in [0.1, 0.15) is 13.3 Å². The Morgan fingerprint density at radius 2 is 1.80 bits per heavy atom. The molecule has 0 spiro atoms. The molecule has 25 heavy (non-hydrogen) atoms. The van der Waals surface area contributed by atoms with Crippen LogP contribution in [0.2, 0.25) is 0 Å². The third kappa shape index (κ3) is 4.21. The number of aromatic nitrogens is 1. The summed E-state index contributed by atoms with van der Waals surface area (Å²) in [5.41, 5.74) is 1.16. The Balaban J connectivity index is 1.55. The number of rotatable bonds is 8. The van der Waals surface area contributed by atoms with E-state index in [0.717, 1.165) is 18.5 Å². The quantitative estimate of drug-likeness (QED) is 0.628. The molecule has 0 saturated carbocycles. The van der Waals surface area contributed by atoms with Crippen molar-refractivity contribution in [2.24, 2.45) is 0 Å². The van der Waals surface area contributed by atoms with Crippen molar-refractivity contribution in [3.8, 4) is 5.75 Å². The molecule has 0 saturated heterocycles. The fourth-order valence-electron chi connectivity index (χ4n) is 2.76. The highest BCUT2D eigenvalue weighted by Crippen LogP contribution is 2.17. The maximum atomic E-state index is 12.3. The van der Waals surface area contributed by atoms with E-state index >= 15 is 0 Å². The molecule has 3 rings (SSSR count). The Labute approximate surface area is 148 Å². The maximum absolute atomic E-state index is 12.3. The lowest BCUT2D eigenvalue weighted by molar-refractivity contribution is 0.340. The normalized spacial score (nSPS) is 11.7. The van der Waals surface area contributed by atoms with Crippen LogP contribution in [0.15, 0.2) is 65.7 Å². The van der Waals surface area contributed by atoms with Gasteiger partial charge >= 0.3 is 0 Å². The minimum absolute atomic E-state index is 0.252. The molecule has 5 nitrogen and oxygen atoms in total. The van der Waals surface area contributed by atoms with Crippen molar-refractivity contribution in [1.82, 2.24) is 9.29 Å². The Morgan fingerprint density at radius 3 is 2.56 bits per heavy atom. The van der Waals surface area contributed by atoms with E-state index in [1.807, 2.05) is 25.3 Å². The summed E-state index contributed by atoms with van der Waals surface area (Å²) in [5.74, 6) is 0.668. The number of hydrogen-bond donors (Lipinski definition) is 1. The summed E-state index contributed by atoms with van der Waals surface area (Å²) in [7, 11) is -3.49. The molecule has 0 aliphatic heterocycles. The zero-order valence-corrected chi connectivity index (χ0v) is 15.0. The molecule has 132 valence electrons. The molecule has 0 aliphatic rings. The lowest BCUT2D eigenvalue weighted by Gasteiger charge is -2.09. The molecular formula is C19H22N2O3S. The van der Waals surface area contributed by atoms with E-state index in [1.54, 1.807) is 24.3 Å². The van der Waals surface area contributed by atoms with Gasteiger partial charge < -0.3 is 9.30 Å². The first-order chi connectivity index (χ1) is 12.1. The van der Waals surface area contributed by atoms with Crippen LogP contribution >= 0.6 is 0 Å². The highest BCUT2D eigenvalue weighted by Gasteiger charge is 2.13. The second-order valence-electron chi connectivity index (χ2n) is 5.72. The van der Waals surface area contributed by atoms with Gasteiger partial charge in [-0.3, -0.25) is 0 Å². The first-order valence-electron chi connectivity index (χ1n) is 8.36. The molecule has 1 N–H and O–H groups in total. The topological polar surface area (TPSA) is 60.3 Å². The average molecular weight is 358 g/mol. The van der Waals surface area contributed by atoms with Crippen LogP contribution in [0.25, 0.3) is 10.9 Å². The van der Waals surface area contributed by atoms with Gasteiger partial charge in [0.1, 0.15) is 5.75 Å². The summed E-state index contributed by atoms with van der Waals surface area (Å²) < 4.78 is 34.8. The lowest BCUT2D eigenvalue weighted by Crippen LogP contribution is -2.25. The van der Waals surface area contributed by atoms with Gasteiger partial charge in [0.2, 0.25) is 10.0 Å². The van der Waals surface area contributed by atoms with Crippen LogP contribution < -0.4 is 9.46 Å². The Hall–Kier alpha value is -2.31. The van der Waals surface area contributed by atoms with E-state index in [4.69, 9.17) is 4.74 Å². The molecule has 6 heteroatoms. The monoisotopic (exact) mass is 358 g/mol. The van der Waals surface area contributed by atoms with Crippen LogP contribution in [0.5, 0.6) is 5.75 Å². The average Bonchev–Trinajstić information content (AvgIpc) is 3.03. The van der Waals surface area contributed by atoms with E-state index < -0.39 is 10.0 Å². The molecular weight excluding hydrogens is 336 g/mol. The van der Waals surface area contributed by atoms with Gasteiger partial charge in [-0.25, -0.2) is 13.1 Å². The SMILES string of the molecule is CCOc1ccc(S(=O)(=O)NCCCn2ccc3ccccc32)cc1. The van der Waals surface area contributed by atoms with Crippen LogP contribution in [0.4, 0.5) is 0 Å². The van der Waals surface area contributed by atoms with Crippen molar-refractivity contribution in [2.45, 2.75) is 24.8 Å². The molecule has 0 aliphatic carbocycles. The van der Waals surface area contributed by atoms with Crippen molar-refractivity contribution >= 4 is 20.9 Å². The van der Waals surface area contributed by atoms with Crippen LogP contribution in [0.3, 0.4) is 0 Å². The zero-order chi connectivity index (χ0) is 17.7. The first-order valence-corrected chi connectivity index (χ1v) is 9.85. The molecule has 1 aromatic heterocycles. The Morgan fingerprint density at radius 1 is 1.04 bits per heavy atom. The van der Waals surface area contributed by atoms with Crippen molar-refractivity contribution in [3.05, 3.63) is 60.8 Å². The smallest absolute Gasteiger partial charge is 0.240 e. The Kier molecular flexibility index (Phi) is 5.40. The molecule has 0 amide bonds. The molecule has 0 unspecified atom stereocenters. The van der Waals surface area contributed by atoms with Crippen LogP contribution in [-0.4, -0.2) is 26.1 Å². The van der Waals surface area contributed by atoms with Gasteiger partial charge in [0.25, 0.3) is 0 Å². The fraction of sp³-hybridized carbons (Fsp3) is 0.263. The van der Waals surface area contributed by atoms with E-state index in [9.17, 15) is 8.42 Å². The second-order valence-corrected chi connectivity index (χ2v) is 7.49. The van der Waals surface area contributed by atoms with Crippen LogP contribution in [0, 0.1) is 0 Å². The molecule has 0 radical (unpaired) electrons. The summed E-state index contributed by atoms with van der Waals surface area (Å²) in [5, 5.41) is 1.19. The number of sulfonamides is 1. The first kappa shape index (κ1) is 17.5. The molecule has 0 bridgehead atoms. The number of aryl methyl sites for hydroxylation is 1. The minimum atomic E-state index is -3.49. The number of nitrogens with one attached hydrogen (secondary N) is 1. The predicted molar refractivity (Wildman–Crippen MR) is 99.4 cm³/mol. The number of fused-ring (bicyclic) bond motifs is 1. The van der Waals surface area contributed by atoms with Crippen molar-refractivity contribution in [3.63, 3.8) is 0 Å². The van der Waals surface area contributed by atoms with E-state index in [-0.39, 0.29) is 4.90 Å². The maximum Gasteiger partial charge on any atom is 0.240 e. The summed E-state index contributed by atoms with van der Waals surface area (Å²) >= 11 is 0. The second kappa shape index (κ2) is 7.72. The van der Waals surface area contributed by atoms with Crippen LogP contribution in [-0.2, 0) is 16.6 Å². The minimum Gasteiger partial charge on any atom is -0.494 e. The summed E-state index contributed by atoms with van der Waals surface area (Å²) in [6.07, 6.45) is 2.75. The molecule has 1 heterocycles. The zero-order valence-electron chi connectivity index (χ0n) is 14.2. The number of benzene rings is 2.